The van der Waals surface area contributed by atoms with Crippen molar-refractivity contribution in [1.29, 1.82) is 0 Å². The second-order valence-electron chi connectivity index (χ2n) is 5.85. The lowest BCUT2D eigenvalue weighted by atomic mass is 9.84. The summed E-state index contributed by atoms with van der Waals surface area (Å²) in [5, 5.41) is 0. The largest absolute Gasteiger partial charge is 0.288 e. The number of ketones is 1. The smallest absolute Gasteiger partial charge is 0.202 e. The topological polar surface area (TPSA) is 17.1 Å². The van der Waals surface area contributed by atoms with Crippen molar-refractivity contribution in [2.24, 2.45) is 0 Å². The average Bonchev–Trinajstić information content (AvgIpc) is 2.87. The number of thiophene rings is 1. The predicted octanol–water partition coefficient (Wildman–Crippen LogP) is 6.10. The minimum Gasteiger partial charge on any atom is -0.288 e. The average molecular weight is 363 g/mol. The molecule has 1 fully saturated rings. The van der Waals surface area contributed by atoms with E-state index >= 15 is 0 Å². The van der Waals surface area contributed by atoms with Crippen LogP contribution in [0.25, 0.3) is 0 Å². The molecule has 0 amide bonds. The molecule has 0 saturated heterocycles. The second-order valence-corrected chi connectivity index (χ2v) is 8.22. The number of rotatable bonds is 3. The van der Waals surface area contributed by atoms with E-state index in [1.807, 2.05) is 25.1 Å². The van der Waals surface area contributed by atoms with Crippen LogP contribution in [0.5, 0.6) is 0 Å². The Hall–Kier alpha value is -0.930. The van der Waals surface area contributed by atoms with Crippen LogP contribution in [0.15, 0.2) is 34.1 Å². The summed E-state index contributed by atoms with van der Waals surface area (Å²) in [5.74, 6) is 0.824. The van der Waals surface area contributed by atoms with Crippen molar-refractivity contribution in [2.45, 2.75) is 44.9 Å². The molecule has 21 heavy (non-hydrogen) atoms. The third-order valence-corrected chi connectivity index (χ3v) is 6.47. The van der Waals surface area contributed by atoms with Crippen LogP contribution in [0.4, 0.5) is 0 Å². The Morgan fingerprint density at radius 1 is 1.14 bits per heavy atom. The fourth-order valence-corrected chi connectivity index (χ4v) is 4.55. The zero-order valence-corrected chi connectivity index (χ0v) is 14.6. The van der Waals surface area contributed by atoms with E-state index < -0.39 is 0 Å². The lowest BCUT2D eigenvalue weighted by molar-refractivity contribution is 0.104. The van der Waals surface area contributed by atoms with Gasteiger partial charge in [-0.05, 0) is 58.8 Å². The van der Waals surface area contributed by atoms with E-state index in [0.29, 0.717) is 5.92 Å². The van der Waals surface area contributed by atoms with Crippen molar-refractivity contribution in [3.63, 3.8) is 0 Å². The Morgan fingerprint density at radius 3 is 2.38 bits per heavy atom. The molecule has 0 spiro atoms. The zero-order valence-electron chi connectivity index (χ0n) is 12.2. The first kappa shape index (κ1) is 15.0. The number of aryl methyl sites for hydroxylation is 1. The van der Waals surface area contributed by atoms with E-state index in [0.717, 1.165) is 19.8 Å². The maximum Gasteiger partial charge on any atom is 0.202 e. The van der Waals surface area contributed by atoms with Crippen LogP contribution in [0, 0.1) is 6.92 Å². The van der Waals surface area contributed by atoms with Crippen molar-refractivity contribution in [2.75, 3.05) is 0 Å². The monoisotopic (exact) mass is 362 g/mol. The fraction of sp³-hybridized carbons (Fsp3) is 0.389. The molecular weight excluding hydrogens is 344 g/mol. The first-order chi connectivity index (χ1) is 10.1. The summed E-state index contributed by atoms with van der Waals surface area (Å²) >= 11 is 5.00. The van der Waals surface area contributed by atoms with Gasteiger partial charge in [0.2, 0.25) is 5.78 Å². The summed E-state index contributed by atoms with van der Waals surface area (Å²) in [6, 6.07) is 10.3. The van der Waals surface area contributed by atoms with Gasteiger partial charge in [-0.1, -0.05) is 43.5 Å². The molecule has 1 aromatic heterocycles. The van der Waals surface area contributed by atoms with Gasteiger partial charge < -0.3 is 0 Å². The summed E-state index contributed by atoms with van der Waals surface area (Å²) in [5.41, 5.74) is 3.32. The second kappa shape index (κ2) is 6.45. The lowest BCUT2D eigenvalue weighted by Gasteiger charge is -2.21. The molecule has 3 heteroatoms. The van der Waals surface area contributed by atoms with Crippen LogP contribution < -0.4 is 0 Å². The summed E-state index contributed by atoms with van der Waals surface area (Å²) in [4.78, 5) is 13.3. The van der Waals surface area contributed by atoms with Crippen LogP contribution in [0.1, 0.15) is 64.4 Å². The summed E-state index contributed by atoms with van der Waals surface area (Å²) in [6.07, 6.45) is 6.65. The number of benzene rings is 1. The highest BCUT2D eigenvalue weighted by molar-refractivity contribution is 9.11. The Morgan fingerprint density at radius 2 is 1.81 bits per heavy atom. The zero-order chi connectivity index (χ0) is 14.8. The van der Waals surface area contributed by atoms with Gasteiger partial charge in [0.15, 0.2) is 0 Å². The minimum absolute atomic E-state index is 0.129. The van der Waals surface area contributed by atoms with Crippen LogP contribution in [-0.2, 0) is 0 Å². The van der Waals surface area contributed by atoms with Gasteiger partial charge in [0, 0.05) is 5.56 Å². The lowest BCUT2D eigenvalue weighted by Crippen LogP contribution is -2.05. The van der Waals surface area contributed by atoms with E-state index in [9.17, 15) is 4.79 Å². The van der Waals surface area contributed by atoms with Gasteiger partial charge in [-0.2, -0.15) is 0 Å². The molecule has 0 atom stereocenters. The Balaban J connectivity index is 1.78. The molecule has 1 aromatic carbocycles. The van der Waals surface area contributed by atoms with E-state index in [1.54, 1.807) is 0 Å². The minimum atomic E-state index is 0.129. The van der Waals surface area contributed by atoms with Crippen molar-refractivity contribution in [3.05, 3.63) is 55.7 Å². The van der Waals surface area contributed by atoms with Crippen molar-refractivity contribution in [1.82, 2.24) is 0 Å². The molecule has 0 bridgehead atoms. The molecule has 1 aliphatic rings. The Labute approximate surface area is 138 Å². The highest BCUT2D eigenvalue weighted by Crippen LogP contribution is 2.33. The fourth-order valence-electron chi connectivity index (χ4n) is 3.06. The van der Waals surface area contributed by atoms with Gasteiger partial charge in [-0.3, -0.25) is 4.79 Å². The predicted molar refractivity (Wildman–Crippen MR) is 92.5 cm³/mol. The van der Waals surface area contributed by atoms with Crippen molar-refractivity contribution >= 4 is 33.0 Å². The maximum atomic E-state index is 12.5. The van der Waals surface area contributed by atoms with Gasteiger partial charge >= 0.3 is 0 Å². The summed E-state index contributed by atoms with van der Waals surface area (Å²) in [6.45, 7) is 2.02. The molecule has 3 rings (SSSR count). The quantitative estimate of drug-likeness (QED) is 0.603. The molecule has 0 radical (unpaired) electrons. The molecule has 2 aromatic rings. The third-order valence-electron chi connectivity index (χ3n) is 4.33. The first-order valence-corrected chi connectivity index (χ1v) is 9.16. The van der Waals surface area contributed by atoms with E-state index in [-0.39, 0.29) is 5.78 Å². The SMILES string of the molecule is Cc1cc(C(=O)c2ccc(C3CCCCC3)cc2)sc1Br. The number of halogens is 1. The molecular formula is C18H19BrOS. The van der Waals surface area contributed by atoms with Gasteiger partial charge in [0.25, 0.3) is 0 Å². The van der Waals surface area contributed by atoms with Gasteiger partial charge in [-0.25, -0.2) is 0 Å². The van der Waals surface area contributed by atoms with Crippen LogP contribution in [0.2, 0.25) is 0 Å². The normalized spacial score (nSPS) is 16.1. The van der Waals surface area contributed by atoms with Gasteiger partial charge in [0.1, 0.15) is 0 Å². The summed E-state index contributed by atoms with van der Waals surface area (Å²) < 4.78 is 1.05. The molecule has 0 N–H and O–H groups in total. The van der Waals surface area contributed by atoms with Crippen molar-refractivity contribution in [3.8, 4) is 0 Å². The van der Waals surface area contributed by atoms with E-state index in [2.05, 4.69) is 28.1 Å². The van der Waals surface area contributed by atoms with E-state index in [4.69, 9.17) is 0 Å². The first-order valence-electron chi connectivity index (χ1n) is 7.56. The molecule has 0 aliphatic heterocycles. The molecule has 1 aliphatic carbocycles. The van der Waals surface area contributed by atoms with E-state index in [1.165, 1.54) is 49.0 Å². The molecule has 1 nitrogen and oxygen atoms in total. The number of hydrogen-bond acceptors (Lipinski definition) is 2. The molecule has 110 valence electrons. The van der Waals surface area contributed by atoms with Crippen LogP contribution >= 0.6 is 27.3 Å². The van der Waals surface area contributed by atoms with Crippen LogP contribution in [-0.4, -0.2) is 5.78 Å². The molecule has 1 heterocycles. The highest BCUT2D eigenvalue weighted by atomic mass is 79.9. The van der Waals surface area contributed by atoms with Gasteiger partial charge in [0.05, 0.1) is 8.66 Å². The Kier molecular flexibility index (Phi) is 4.60. The summed E-state index contributed by atoms with van der Waals surface area (Å²) in [7, 11) is 0. The van der Waals surface area contributed by atoms with Crippen LogP contribution in [0.3, 0.4) is 0 Å². The standard InChI is InChI=1S/C18H19BrOS/c1-12-11-16(21-18(12)19)17(20)15-9-7-14(8-10-15)13-5-3-2-4-6-13/h7-11,13H,2-6H2,1H3. The van der Waals surface area contributed by atoms with Crippen molar-refractivity contribution < 1.29 is 4.79 Å². The molecule has 0 unspecified atom stereocenters. The highest BCUT2D eigenvalue weighted by Gasteiger charge is 2.17. The Bertz CT molecular complexity index is 616. The maximum absolute atomic E-state index is 12.5. The number of hydrogen-bond donors (Lipinski definition) is 0. The molecule has 1 saturated carbocycles. The third kappa shape index (κ3) is 3.29. The number of carbonyl (C=O) groups excluding carboxylic acids is 1. The number of carbonyl (C=O) groups is 1. The van der Waals surface area contributed by atoms with Gasteiger partial charge in [-0.15, -0.1) is 11.3 Å².